The molecule has 0 bridgehead atoms. The first kappa shape index (κ1) is 14.6. The molecule has 1 saturated heterocycles. The van der Waals surface area contributed by atoms with E-state index >= 15 is 0 Å². The second kappa shape index (κ2) is 5.79. The monoisotopic (exact) mass is 296 g/mol. The number of aromatic carboxylic acids is 1. The van der Waals surface area contributed by atoms with Crippen molar-refractivity contribution in [1.82, 2.24) is 4.98 Å². The van der Waals surface area contributed by atoms with Gasteiger partial charge in [-0.15, -0.1) is 0 Å². The van der Waals surface area contributed by atoms with Crippen molar-refractivity contribution in [3.63, 3.8) is 0 Å². The molecule has 3 rings (SSSR count). The van der Waals surface area contributed by atoms with Crippen LogP contribution in [0.4, 0.5) is 5.82 Å². The molecule has 2 atom stereocenters. The third-order valence-corrected chi connectivity index (χ3v) is 4.41. The molecule has 0 aliphatic carbocycles. The molecule has 0 amide bonds. The second-order valence-electron chi connectivity index (χ2n) is 6.05. The van der Waals surface area contributed by atoms with Crippen LogP contribution in [0.3, 0.4) is 0 Å². The molecule has 1 N–H and O–H groups in total. The predicted molar refractivity (Wildman–Crippen MR) is 86.5 cm³/mol. The summed E-state index contributed by atoms with van der Waals surface area (Å²) in [5.41, 5.74) is 2.87. The number of pyridine rings is 1. The average molecular weight is 296 g/mol. The molecule has 4 heteroatoms. The van der Waals surface area contributed by atoms with Gasteiger partial charge in [0.1, 0.15) is 5.82 Å². The lowest BCUT2D eigenvalue weighted by Gasteiger charge is -2.22. The van der Waals surface area contributed by atoms with Crippen molar-refractivity contribution in [2.75, 3.05) is 11.4 Å². The van der Waals surface area contributed by atoms with Gasteiger partial charge in [0.05, 0.1) is 5.56 Å². The molecule has 4 nitrogen and oxygen atoms in total. The van der Waals surface area contributed by atoms with E-state index in [4.69, 9.17) is 5.11 Å². The molecule has 1 aromatic heterocycles. The van der Waals surface area contributed by atoms with Crippen LogP contribution in [0.1, 0.15) is 40.7 Å². The molecule has 0 saturated carbocycles. The molecule has 1 fully saturated rings. The first-order valence-electron chi connectivity index (χ1n) is 7.57. The molecule has 0 radical (unpaired) electrons. The number of carboxylic acid groups (broad SMARTS) is 1. The van der Waals surface area contributed by atoms with Crippen LogP contribution in [0.15, 0.2) is 42.6 Å². The topological polar surface area (TPSA) is 53.4 Å². The number of carbonyl (C=O) groups is 1. The van der Waals surface area contributed by atoms with Crippen LogP contribution >= 0.6 is 0 Å². The number of aromatic nitrogens is 1. The summed E-state index contributed by atoms with van der Waals surface area (Å²) >= 11 is 0. The van der Waals surface area contributed by atoms with Gasteiger partial charge in [-0.25, -0.2) is 9.78 Å². The van der Waals surface area contributed by atoms with Crippen molar-refractivity contribution in [2.45, 2.75) is 32.2 Å². The van der Waals surface area contributed by atoms with Crippen LogP contribution in [0.25, 0.3) is 0 Å². The van der Waals surface area contributed by atoms with E-state index in [9.17, 15) is 4.79 Å². The maximum absolute atomic E-state index is 10.9. The third-order valence-electron chi connectivity index (χ3n) is 4.41. The second-order valence-corrected chi connectivity index (χ2v) is 6.05. The summed E-state index contributed by atoms with van der Waals surface area (Å²) in [4.78, 5) is 17.5. The maximum atomic E-state index is 10.9. The zero-order valence-electron chi connectivity index (χ0n) is 12.9. The van der Waals surface area contributed by atoms with Gasteiger partial charge in [-0.3, -0.25) is 0 Å². The van der Waals surface area contributed by atoms with Crippen molar-refractivity contribution in [1.29, 1.82) is 0 Å². The Bertz CT molecular complexity index is 664. The lowest BCUT2D eigenvalue weighted by Crippen LogP contribution is -2.27. The summed E-state index contributed by atoms with van der Waals surface area (Å²) in [7, 11) is 0. The normalized spacial score (nSPS) is 21.1. The van der Waals surface area contributed by atoms with Crippen LogP contribution in [-0.4, -0.2) is 28.6 Å². The molecule has 2 unspecified atom stereocenters. The molecular formula is C18H20N2O2. The number of hydrogen-bond acceptors (Lipinski definition) is 3. The Morgan fingerprint density at radius 2 is 1.95 bits per heavy atom. The largest absolute Gasteiger partial charge is 0.478 e. The molecule has 1 aromatic carbocycles. The summed E-state index contributed by atoms with van der Waals surface area (Å²) < 4.78 is 0. The maximum Gasteiger partial charge on any atom is 0.337 e. The zero-order valence-corrected chi connectivity index (χ0v) is 12.9. The summed E-state index contributed by atoms with van der Waals surface area (Å²) in [6.45, 7) is 5.21. The Morgan fingerprint density at radius 3 is 2.55 bits per heavy atom. The predicted octanol–water partition coefficient (Wildman–Crippen LogP) is 3.47. The van der Waals surface area contributed by atoms with Crippen molar-refractivity contribution in [2.24, 2.45) is 0 Å². The number of carboxylic acids is 1. The van der Waals surface area contributed by atoms with E-state index in [0.717, 1.165) is 18.8 Å². The molecule has 1 aliphatic rings. The van der Waals surface area contributed by atoms with Gasteiger partial charge in [-0.05, 0) is 38.0 Å². The number of aryl methyl sites for hydroxylation is 1. The summed E-state index contributed by atoms with van der Waals surface area (Å²) in [6.07, 6.45) is 2.52. The highest BCUT2D eigenvalue weighted by molar-refractivity contribution is 5.87. The van der Waals surface area contributed by atoms with E-state index in [1.807, 2.05) is 0 Å². The number of benzene rings is 1. The number of nitrogens with zero attached hydrogens (tertiary/aromatic N) is 2. The Hall–Kier alpha value is -2.36. The lowest BCUT2D eigenvalue weighted by atomic mass is 9.96. The summed E-state index contributed by atoms with van der Waals surface area (Å²) in [5.74, 6) is 0.412. The number of hydrogen-bond donors (Lipinski definition) is 1. The Balaban J connectivity index is 1.78. The van der Waals surface area contributed by atoms with Crippen LogP contribution < -0.4 is 4.90 Å². The van der Waals surface area contributed by atoms with E-state index in [2.05, 4.69) is 48.0 Å². The minimum atomic E-state index is -0.939. The fraction of sp³-hybridized carbons (Fsp3) is 0.333. The van der Waals surface area contributed by atoms with Crippen molar-refractivity contribution >= 4 is 11.8 Å². The Kier molecular flexibility index (Phi) is 3.84. The first-order valence-corrected chi connectivity index (χ1v) is 7.57. The number of rotatable bonds is 3. The molecule has 22 heavy (non-hydrogen) atoms. The SMILES string of the molecule is Cc1ccc(C2CC(C)N(c3ccc(C(=O)O)cn3)C2)cc1. The standard InChI is InChI=1S/C18H20N2O2/c1-12-3-5-14(6-4-12)16-9-13(2)20(11-16)17-8-7-15(10-19-17)18(21)22/h3-8,10,13,16H,9,11H2,1-2H3,(H,21,22). The quantitative estimate of drug-likeness (QED) is 0.942. The molecule has 2 heterocycles. The van der Waals surface area contributed by atoms with Crippen molar-refractivity contribution in [3.05, 3.63) is 59.3 Å². The molecule has 0 spiro atoms. The summed E-state index contributed by atoms with van der Waals surface area (Å²) in [5, 5.41) is 8.95. The van der Waals surface area contributed by atoms with Gasteiger partial charge in [-0.1, -0.05) is 29.8 Å². The number of anilines is 1. The lowest BCUT2D eigenvalue weighted by molar-refractivity contribution is 0.0696. The molecular weight excluding hydrogens is 276 g/mol. The Morgan fingerprint density at radius 1 is 1.23 bits per heavy atom. The highest BCUT2D eigenvalue weighted by Gasteiger charge is 2.30. The van der Waals surface area contributed by atoms with Crippen molar-refractivity contribution < 1.29 is 9.90 Å². The van der Waals surface area contributed by atoms with Crippen LogP contribution in [0, 0.1) is 6.92 Å². The van der Waals surface area contributed by atoms with E-state index in [0.29, 0.717) is 12.0 Å². The van der Waals surface area contributed by atoms with Gasteiger partial charge in [0.25, 0.3) is 0 Å². The minimum absolute atomic E-state index is 0.227. The molecule has 2 aromatic rings. The summed E-state index contributed by atoms with van der Waals surface area (Å²) in [6, 6.07) is 12.5. The minimum Gasteiger partial charge on any atom is -0.478 e. The van der Waals surface area contributed by atoms with Crippen LogP contribution in [0.5, 0.6) is 0 Å². The van der Waals surface area contributed by atoms with Gasteiger partial charge in [-0.2, -0.15) is 0 Å². The smallest absolute Gasteiger partial charge is 0.337 e. The zero-order chi connectivity index (χ0) is 15.7. The highest BCUT2D eigenvalue weighted by atomic mass is 16.4. The average Bonchev–Trinajstić information content (AvgIpc) is 2.90. The van der Waals surface area contributed by atoms with E-state index in [-0.39, 0.29) is 5.56 Å². The van der Waals surface area contributed by atoms with Gasteiger partial charge < -0.3 is 10.0 Å². The van der Waals surface area contributed by atoms with Gasteiger partial charge in [0, 0.05) is 24.7 Å². The van der Waals surface area contributed by atoms with Gasteiger partial charge in [0.15, 0.2) is 0 Å². The molecule has 114 valence electrons. The fourth-order valence-electron chi connectivity index (χ4n) is 3.11. The van der Waals surface area contributed by atoms with Crippen LogP contribution in [0.2, 0.25) is 0 Å². The fourth-order valence-corrected chi connectivity index (χ4v) is 3.11. The highest BCUT2D eigenvalue weighted by Crippen LogP contribution is 2.34. The van der Waals surface area contributed by atoms with E-state index in [1.165, 1.54) is 17.3 Å². The van der Waals surface area contributed by atoms with Crippen molar-refractivity contribution in [3.8, 4) is 0 Å². The van der Waals surface area contributed by atoms with Crippen LogP contribution in [-0.2, 0) is 0 Å². The van der Waals surface area contributed by atoms with Gasteiger partial charge in [0.2, 0.25) is 0 Å². The third kappa shape index (κ3) is 2.82. The Labute approximate surface area is 130 Å². The van der Waals surface area contributed by atoms with E-state index < -0.39 is 5.97 Å². The first-order chi connectivity index (χ1) is 10.5. The van der Waals surface area contributed by atoms with E-state index in [1.54, 1.807) is 12.1 Å². The molecule has 1 aliphatic heterocycles. The van der Waals surface area contributed by atoms with Gasteiger partial charge >= 0.3 is 5.97 Å².